The fraction of sp³-hybridized carbons (Fsp3) is 0.0714. The molecular formula is C14H10BrN3O. The largest absolute Gasteiger partial charge is 0.309 e. The summed E-state index contributed by atoms with van der Waals surface area (Å²) in [5.41, 5.74) is 1.34. The third kappa shape index (κ3) is 2.80. The molecule has 0 aliphatic carbocycles. The Balaban J connectivity index is 2.37. The number of aromatic nitrogens is 1. The SMILES string of the molecule is CN(C(=O)c1cccc(Br)n1)c1ccccc1C#N. The van der Waals surface area contributed by atoms with E-state index in [1.807, 2.05) is 0 Å². The molecule has 1 aromatic heterocycles. The molecule has 19 heavy (non-hydrogen) atoms. The maximum absolute atomic E-state index is 12.3. The number of hydrogen-bond donors (Lipinski definition) is 0. The summed E-state index contributed by atoms with van der Waals surface area (Å²) >= 11 is 3.23. The van der Waals surface area contributed by atoms with Crippen LogP contribution in [0.5, 0.6) is 0 Å². The van der Waals surface area contributed by atoms with Gasteiger partial charge in [0.05, 0.1) is 11.3 Å². The maximum atomic E-state index is 12.3. The zero-order valence-corrected chi connectivity index (χ0v) is 11.8. The predicted octanol–water partition coefficient (Wildman–Crippen LogP) is 2.99. The van der Waals surface area contributed by atoms with Gasteiger partial charge in [0.2, 0.25) is 0 Å². The third-order valence-electron chi connectivity index (χ3n) is 2.62. The van der Waals surface area contributed by atoms with E-state index >= 15 is 0 Å². The van der Waals surface area contributed by atoms with Gasteiger partial charge in [-0.1, -0.05) is 18.2 Å². The smallest absolute Gasteiger partial charge is 0.276 e. The van der Waals surface area contributed by atoms with Crippen LogP contribution in [-0.2, 0) is 0 Å². The van der Waals surface area contributed by atoms with Crippen LogP contribution >= 0.6 is 15.9 Å². The molecule has 4 nitrogen and oxygen atoms in total. The van der Waals surface area contributed by atoms with Gasteiger partial charge in [-0.2, -0.15) is 5.26 Å². The molecule has 0 saturated carbocycles. The zero-order valence-electron chi connectivity index (χ0n) is 10.2. The highest BCUT2D eigenvalue weighted by molar-refractivity contribution is 9.10. The van der Waals surface area contributed by atoms with Gasteiger partial charge >= 0.3 is 0 Å². The molecule has 2 rings (SSSR count). The number of nitriles is 1. The van der Waals surface area contributed by atoms with Crippen molar-refractivity contribution in [2.45, 2.75) is 0 Å². The van der Waals surface area contributed by atoms with Gasteiger partial charge in [0, 0.05) is 7.05 Å². The van der Waals surface area contributed by atoms with Crippen LogP contribution in [0.15, 0.2) is 47.1 Å². The minimum Gasteiger partial charge on any atom is -0.309 e. The molecule has 5 heteroatoms. The summed E-state index contributed by atoms with van der Waals surface area (Å²) in [6.07, 6.45) is 0. The van der Waals surface area contributed by atoms with Gasteiger partial charge in [0.1, 0.15) is 16.4 Å². The Kier molecular flexibility index (Phi) is 3.93. The number of para-hydroxylation sites is 1. The normalized spacial score (nSPS) is 9.74. The molecule has 2 aromatic rings. The number of benzene rings is 1. The van der Waals surface area contributed by atoms with E-state index in [1.165, 1.54) is 4.90 Å². The van der Waals surface area contributed by atoms with E-state index in [4.69, 9.17) is 5.26 Å². The number of rotatable bonds is 2. The number of carbonyl (C=O) groups is 1. The second kappa shape index (κ2) is 5.63. The van der Waals surface area contributed by atoms with Gasteiger partial charge in [0.25, 0.3) is 5.91 Å². The van der Waals surface area contributed by atoms with E-state index in [0.29, 0.717) is 21.5 Å². The molecule has 1 amide bonds. The van der Waals surface area contributed by atoms with Gasteiger partial charge in [-0.05, 0) is 40.2 Å². The lowest BCUT2D eigenvalue weighted by molar-refractivity contribution is 0.0988. The Morgan fingerprint density at radius 1 is 1.26 bits per heavy atom. The Morgan fingerprint density at radius 2 is 2.00 bits per heavy atom. The van der Waals surface area contributed by atoms with Crippen LogP contribution < -0.4 is 4.90 Å². The summed E-state index contributed by atoms with van der Waals surface area (Å²) in [7, 11) is 1.63. The predicted molar refractivity (Wildman–Crippen MR) is 75.8 cm³/mol. The van der Waals surface area contributed by atoms with Crippen molar-refractivity contribution in [3.05, 3.63) is 58.3 Å². The summed E-state index contributed by atoms with van der Waals surface area (Å²) in [6.45, 7) is 0. The Labute approximate surface area is 119 Å². The van der Waals surface area contributed by atoms with E-state index in [1.54, 1.807) is 49.5 Å². The summed E-state index contributed by atoms with van der Waals surface area (Å²) in [5.74, 6) is -0.260. The number of amides is 1. The minimum absolute atomic E-state index is 0.260. The third-order valence-corrected chi connectivity index (χ3v) is 3.07. The Morgan fingerprint density at radius 3 is 2.68 bits per heavy atom. The molecule has 0 bridgehead atoms. The van der Waals surface area contributed by atoms with Crippen molar-refractivity contribution in [1.29, 1.82) is 5.26 Å². The molecule has 0 fully saturated rings. The average Bonchev–Trinajstić information content (AvgIpc) is 2.45. The van der Waals surface area contributed by atoms with E-state index < -0.39 is 0 Å². The second-order valence-electron chi connectivity index (χ2n) is 3.84. The molecule has 0 aliphatic heterocycles. The Hall–Kier alpha value is -2.19. The van der Waals surface area contributed by atoms with Crippen molar-refractivity contribution in [3.8, 4) is 6.07 Å². The van der Waals surface area contributed by atoms with Gasteiger partial charge in [-0.3, -0.25) is 4.79 Å². The molecule has 1 aromatic carbocycles. The topological polar surface area (TPSA) is 57.0 Å². The monoisotopic (exact) mass is 315 g/mol. The lowest BCUT2D eigenvalue weighted by Crippen LogP contribution is -2.27. The summed E-state index contributed by atoms with van der Waals surface area (Å²) in [4.78, 5) is 17.8. The van der Waals surface area contributed by atoms with Crippen LogP contribution in [0.4, 0.5) is 5.69 Å². The second-order valence-corrected chi connectivity index (χ2v) is 4.65. The summed E-state index contributed by atoms with van der Waals surface area (Å²) < 4.78 is 0.598. The molecule has 0 aliphatic rings. The van der Waals surface area contributed by atoms with E-state index in [9.17, 15) is 4.79 Å². The lowest BCUT2D eigenvalue weighted by Gasteiger charge is -2.18. The first-order valence-electron chi connectivity index (χ1n) is 5.53. The number of nitrogens with zero attached hydrogens (tertiary/aromatic N) is 3. The molecular weight excluding hydrogens is 306 g/mol. The quantitative estimate of drug-likeness (QED) is 0.800. The van der Waals surface area contributed by atoms with E-state index in [2.05, 4.69) is 27.0 Å². The molecule has 94 valence electrons. The zero-order chi connectivity index (χ0) is 13.8. The highest BCUT2D eigenvalue weighted by atomic mass is 79.9. The van der Waals surface area contributed by atoms with Crippen molar-refractivity contribution in [2.24, 2.45) is 0 Å². The lowest BCUT2D eigenvalue weighted by atomic mass is 10.1. The van der Waals surface area contributed by atoms with Gasteiger partial charge in [0.15, 0.2) is 0 Å². The fourth-order valence-corrected chi connectivity index (χ4v) is 2.01. The van der Waals surface area contributed by atoms with Crippen LogP contribution in [-0.4, -0.2) is 17.9 Å². The maximum Gasteiger partial charge on any atom is 0.276 e. The Bertz CT molecular complexity index is 664. The molecule has 0 N–H and O–H groups in total. The number of hydrogen-bond acceptors (Lipinski definition) is 3. The van der Waals surface area contributed by atoms with Crippen molar-refractivity contribution >= 4 is 27.5 Å². The molecule has 0 atom stereocenters. The van der Waals surface area contributed by atoms with Crippen molar-refractivity contribution < 1.29 is 4.79 Å². The first-order valence-corrected chi connectivity index (χ1v) is 6.32. The van der Waals surface area contributed by atoms with E-state index in [-0.39, 0.29) is 5.91 Å². The van der Waals surface area contributed by atoms with Crippen LogP contribution in [0.25, 0.3) is 0 Å². The van der Waals surface area contributed by atoms with E-state index in [0.717, 1.165) is 0 Å². The van der Waals surface area contributed by atoms with Crippen molar-refractivity contribution in [2.75, 3.05) is 11.9 Å². The van der Waals surface area contributed by atoms with Crippen LogP contribution in [0.2, 0.25) is 0 Å². The average molecular weight is 316 g/mol. The number of carbonyl (C=O) groups excluding carboxylic acids is 1. The van der Waals surface area contributed by atoms with Crippen molar-refractivity contribution in [3.63, 3.8) is 0 Å². The van der Waals surface area contributed by atoms with Crippen molar-refractivity contribution in [1.82, 2.24) is 4.98 Å². The standard InChI is InChI=1S/C14H10BrN3O/c1-18(12-7-3-2-5-10(12)9-16)14(19)11-6-4-8-13(15)17-11/h2-8H,1H3. The van der Waals surface area contributed by atoms with Crippen LogP contribution in [0, 0.1) is 11.3 Å². The fourth-order valence-electron chi connectivity index (χ4n) is 1.67. The first-order chi connectivity index (χ1) is 9.13. The molecule has 0 spiro atoms. The number of anilines is 1. The minimum atomic E-state index is -0.260. The number of halogens is 1. The highest BCUT2D eigenvalue weighted by Gasteiger charge is 2.17. The number of pyridine rings is 1. The molecule has 0 radical (unpaired) electrons. The van der Waals surface area contributed by atoms with Crippen LogP contribution in [0.3, 0.4) is 0 Å². The molecule has 0 saturated heterocycles. The van der Waals surface area contributed by atoms with Gasteiger partial charge in [-0.25, -0.2) is 4.98 Å². The van der Waals surface area contributed by atoms with Gasteiger partial charge < -0.3 is 4.90 Å². The molecule has 0 unspecified atom stereocenters. The van der Waals surface area contributed by atoms with Gasteiger partial charge in [-0.15, -0.1) is 0 Å². The highest BCUT2D eigenvalue weighted by Crippen LogP contribution is 2.20. The summed E-state index contributed by atoms with van der Waals surface area (Å²) in [6, 6.07) is 14.2. The summed E-state index contributed by atoms with van der Waals surface area (Å²) in [5, 5.41) is 9.05. The first kappa shape index (κ1) is 13.2. The van der Waals surface area contributed by atoms with Crippen LogP contribution in [0.1, 0.15) is 16.1 Å². The molecule has 1 heterocycles.